The van der Waals surface area contributed by atoms with Gasteiger partial charge in [-0.2, -0.15) is 0 Å². The van der Waals surface area contributed by atoms with Gasteiger partial charge in [0.15, 0.2) is 0 Å². The van der Waals surface area contributed by atoms with Crippen LogP contribution in [-0.2, 0) is 10.0 Å². The van der Waals surface area contributed by atoms with Crippen molar-refractivity contribution in [3.63, 3.8) is 0 Å². The molecule has 1 fully saturated rings. The third kappa shape index (κ3) is 4.61. The zero-order valence-electron chi connectivity index (χ0n) is 16.7. The number of piperazine rings is 1. The quantitative estimate of drug-likeness (QED) is 0.610. The predicted molar refractivity (Wildman–Crippen MR) is 119 cm³/mol. The normalized spacial score (nSPS) is 14.3. The molecule has 0 aliphatic carbocycles. The van der Waals surface area contributed by atoms with Crippen molar-refractivity contribution < 1.29 is 18.3 Å². The van der Waals surface area contributed by atoms with E-state index in [1.807, 2.05) is 23.1 Å². The van der Waals surface area contributed by atoms with E-state index in [9.17, 15) is 18.3 Å². The first-order chi connectivity index (χ1) is 14.9. The summed E-state index contributed by atoms with van der Waals surface area (Å²) in [6.45, 7) is 2.68. The Bertz CT molecular complexity index is 1160. The Balaban J connectivity index is 1.53. The molecule has 31 heavy (non-hydrogen) atoms. The number of pyridine rings is 1. The van der Waals surface area contributed by atoms with Crippen LogP contribution in [0.25, 0.3) is 0 Å². The number of aromatic carboxylic acids is 1. The molecule has 0 unspecified atom stereocenters. The molecule has 0 spiro atoms. The Morgan fingerprint density at radius 2 is 1.58 bits per heavy atom. The molecule has 3 aromatic rings. The Morgan fingerprint density at radius 3 is 2.23 bits per heavy atom. The van der Waals surface area contributed by atoms with Crippen molar-refractivity contribution >= 4 is 33.2 Å². The highest BCUT2D eigenvalue weighted by Gasteiger charge is 2.23. The van der Waals surface area contributed by atoms with Gasteiger partial charge in [-0.1, -0.05) is 24.3 Å². The van der Waals surface area contributed by atoms with E-state index in [2.05, 4.69) is 14.6 Å². The van der Waals surface area contributed by atoms with Gasteiger partial charge in [-0.05, 0) is 42.5 Å². The fourth-order valence-corrected chi connectivity index (χ4v) is 4.65. The van der Waals surface area contributed by atoms with Crippen LogP contribution in [0.15, 0.2) is 77.8 Å². The second kappa shape index (κ2) is 8.65. The fraction of sp³-hybridized carbons (Fsp3) is 0.182. The van der Waals surface area contributed by atoms with Crippen molar-refractivity contribution in [1.82, 2.24) is 4.98 Å². The monoisotopic (exact) mass is 438 g/mol. The second-order valence-electron chi connectivity index (χ2n) is 7.12. The van der Waals surface area contributed by atoms with Gasteiger partial charge < -0.3 is 14.9 Å². The maximum Gasteiger partial charge on any atom is 0.337 e. The Kier molecular flexibility index (Phi) is 5.77. The minimum atomic E-state index is -3.80. The number of rotatable bonds is 6. The first-order valence-corrected chi connectivity index (χ1v) is 11.3. The van der Waals surface area contributed by atoms with Crippen molar-refractivity contribution in [2.24, 2.45) is 0 Å². The van der Waals surface area contributed by atoms with E-state index in [4.69, 9.17) is 0 Å². The number of nitrogens with one attached hydrogen (secondary N) is 1. The van der Waals surface area contributed by atoms with E-state index in [1.54, 1.807) is 36.5 Å². The van der Waals surface area contributed by atoms with Crippen LogP contribution in [0.4, 0.5) is 17.2 Å². The molecule has 0 radical (unpaired) electrons. The van der Waals surface area contributed by atoms with E-state index in [0.29, 0.717) is 31.9 Å². The lowest BCUT2D eigenvalue weighted by molar-refractivity contribution is 0.0697. The molecule has 1 aliphatic rings. The van der Waals surface area contributed by atoms with Gasteiger partial charge in [-0.25, -0.2) is 18.2 Å². The van der Waals surface area contributed by atoms with Crippen LogP contribution in [0, 0.1) is 0 Å². The number of sulfonamides is 1. The zero-order chi connectivity index (χ0) is 21.8. The molecule has 1 aliphatic heterocycles. The van der Waals surface area contributed by atoms with Gasteiger partial charge in [0.1, 0.15) is 5.82 Å². The topological polar surface area (TPSA) is 103 Å². The van der Waals surface area contributed by atoms with Gasteiger partial charge in [-0.15, -0.1) is 0 Å². The van der Waals surface area contributed by atoms with Crippen LogP contribution in [-0.4, -0.2) is 50.7 Å². The van der Waals surface area contributed by atoms with Gasteiger partial charge >= 0.3 is 5.97 Å². The molecule has 160 valence electrons. The number of hydrogen-bond donors (Lipinski definition) is 2. The molecule has 0 atom stereocenters. The van der Waals surface area contributed by atoms with E-state index in [0.717, 1.165) is 5.82 Å². The van der Waals surface area contributed by atoms with Crippen molar-refractivity contribution in [2.75, 3.05) is 40.7 Å². The standard InChI is InChI=1S/C22H22N4O4S/c27-22(28)19-16-17(24-31(29,30)18-6-2-1-3-7-18)9-10-20(19)25-12-14-26(15-13-25)21-8-4-5-11-23-21/h1-11,16,24H,12-15H2,(H,27,28). The highest BCUT2D eigenvalue weighted by molar-refractivity contribution is 7.92. The molecule has 2 N–H and O–H groups in total. The SMILES string of the molecule is O=C(O)c1cc(NS(=O)(=O)c2ccccc2)ccc1N1CCN(c2ccccn2)CC1. The molecule has 2 heterocycles. The van der Waals surface area contributed by atoms with Crippen molar-refractivity contribution in [2.45, 2.75) is 4.90 Å². The third-order valence-corrected chi connectivity index (χ3v) is 6.52. The van der Waals surface area contributed by atoms with E-state index in [-0.39, 0.29) is 16.1 Å². The Labute approximate surface area is 180 Å². The molecule has 2 aromatic carbocycles. The number of carbonyl (C=O) groups is 1. The average Bonchev–Trinajstić information content (AvgIpc) is 2.80. The lowest BCUT2D eigenvalue weighted by Gasteiger charge is -2.37. The lowest BCUT2D eigenvalue weighted by atomic mass is 10.1. The van der Waals surface area contributed by atoms with Gasteiger partial charge in [0.25, 0.3) is 10.0 Å². The Hall–Kier alpha value is -3.59. The number of aromatic nitrogens is 1. The zero-order valence-corrected chi connectivity index (χ0v) is 17.5. The molecule has 0 saturated carbocycles. The molecular weight excluding hydrogens is 416 g/mol. The molecule has 8 nitrogen and oxygen atoms in total. The molecule has 1 saturated heterocycles. The van der Waals surface area contributed by atoms with Crippen LogP contribution in [0.3, 0.4) is 0 Å². The second-order valence-corrected chi connectivity index (χ2v) is 8.80. The van der Waals surface area contributed by atoms with E-state index >= 15 is 0 Å². The minimum absolute atomic E-state index is 0.0551. The summed E-state index contributed by atoms with van der Waals surface area (Å²) in [6, 6.07) is 18.3. The summed E-state index contributed by atoms with van der Waals surface area (Å²) >= 11 is 0. The number of benzene rings is 2. The van der Waals surface area contributed by atoms with Crippen LogP contribution >= 0.6 is 0 Å². The van der Waals surface area contributed by atoms with Crippen LogP contribution in [0.5, 0.6) is 0 Å². The third-order valence-electron chi connectivity index (χ3n) is 5.13. The lowest BCUT2D eigenvalue weighted by Crippen LogP contribution is -2.47. The summed E-state index contributed by atoms with van der Waals surface area (Å²) in [6.07, 6.45) is 1.75. The summed E-state index contributed by atoms with van der Waals surface area (Å²) in [5, 5.41) is 9.74. The average molecular weight is 439 g/mol. The maximum atomic E-state index is 12.6. The first-order valence-electron chi connectivity index (χ1n) is 9.80. The van der Waals surface area contributed by atoms with Crippen molar-refractivity contribution in [3.8, 4) is 0 Å². The molecule has 9 heteroatoms. The summed E-state index contributed by atoms with van der Waals surface area (Å²) in [5.74, 6) is -0.214. The first kappa shape index (κ1) is 20.7. The number of carboxylic acids is 1. The number of hydrogen-bond acceptors (Lipinski definition) is 6. The maximum absolute atomic E-state index is 12.6. The predicted octanol–water partition coefficient (Wildman–Crippen LogP) is 2.91. The highest BCUT2D eigenvalue weighted by Crippen LogP contribution is 2.27. The van der Waals surface area contributed by atoms with Gasteiger partial charge in [0.05, 0.1) is 16.1 Å². The smallest absolute Gasteiger partial charge is 0.337 e. The molecule has 0 amide bonds. The van der Waals surface area contributed by atoms with Crippen LogP contribution in [0.1, 0.15) is 10.4 Å². The van der Waals surface area contributed by atoms with Gasteiger partial charge in [0, 0.05) is 38.1 Å². The Morgan fingerprint density at radius 1 is 0.903 bits per heavy atom. The highest BCUT2D eigenvalue weighted by atomic mass is 32.2. The summed E-state index contributed by atoms with van der Waals surface area (Å²) < 4.78 is 27.6. The van der Waals surface area contributed by atoms with Crippen molar-refractivity contribution in [3.05, 3.63) is 78.5 Å². The van der Waals surface area contributed by atoms with Crippen LogP contribution in [0.2, 0.25) is 0 Å². The number of nitrogens with zero attached hydrogens (tertiary/aromatic N) is 3. The van der Waals surface area contributed by atoms with Crippen LogP contribution < -0.4 is 14.5 Å². The molecule has 4 rings (SSSR count). The number of carboxylic acid groups (broad SMARTS) is 1. The molecular formula is C22H22N4O4S. The fourth-order valence-electron chi connectivity index (χ4n) is 3.58. The molecule has 1 aromatic heterocycles. The summed E-state index contributed by atoms with van der Waals surface area (Å²) in [5.41, 5.74) is 0.826. The van der Waals surface area contributed by atoms with Crippen molar-refractivity contribution in [1.29, 1.82) is 0 Å². The van der Waals surface area contributed by atoms with E-state index in [1.165, 1.54) is 18.2 Å². The van der Waals surface area contributed by atoms with Gasteiger partial charge in [-0.3, -0.25) is 4.72 Å². The summed E-state index contributed by atoms with van der Waals surface area (Å²) in [4.78, 5) is 20.5. The van der Waals surface area contributed by atoms with Gasteiger partial charge in [0.2, 0.25) is 0 Å². The van der Waals surface area contributed by atoms with E-state index < -0.39 is 16.0 Å². The summed E-state index contributed by atoms with van der Waals surface area (Å²) in [7, 11) is -3.80. The minimum Gasteiger partial charge on any atom is -0.478 e. The largest absolute Gasteiger partial charge is 0.478 e. The number of anilines is 3. The molecule has 0 bridgehead atoms.